The number of carbonyl (C=O) groups is 3. The summed E-state index contributed by atoms with van der Waals surface area (Å²) in [5.41, 5.74) is 3.33. The maximum absolute atomic E-state index is 13.9. The summed E-state index contributed by atoms with van der Waals surface area (Å²) >= 11 is 0. The van der Waals surface area contributed by atoms with E-state index in [1.54, 1.807) is 20.8 Å². The average Bonchev–Trinajstić information content (AvgIpc) is 2.83. The van der Waals surface area contributed by atoms with Crippen LogP contribution in [0.15, 0.2) is 42.5 Å². The topological polar surface area (TPSA) is 108 Å². The molecule has 0 fully saturated rings. The van der Waals surface area contributed by atoms with Crippen molar-refractivity contribution in [2.75, 3.05) is 18.5 Å². The zero-order valence-electron chi connectivity index (χ0n) is 23.8. The molecule has 208 valence electrons. The number of alkyl carbamates (subject to hydrolysis) is 1. The van der Waals surface area contributed by atoms with E-state index in [4.69, 9.17) is 4.74 Å². The van der Waals surface area contributed by atoms with Crippen LogP contribution in [0.1, 0.15) is 75.3 Å². The van der Waals surface area contributed by atoms with Crippen molar-refractivity contribution in [2.24, 2.45) is 0 Å². The number of hydrogen-bond donors (Lipinski definition) is 3. The molecule has 0 aliphatic heterocycles. The largest absolute Gasteiger partial charge is 0.444 e. The molecule has 2 aromatic rings. The number of hydrogen-bond acceptors (Lipinski definition) is 5. The molecule has 2 atom stereocenters. The Morgan fingerprint density at radius 1 is 1.00 bits per heavy atom. The molecule has 2 aromatic carbocycles. The highest BCUT2D eigenvalue weighted by molar-refractivity contribution is 6.00. The lowest BCUT2D eigenvalue weighted by Crippen LogP contribution is -2.54. The monoisotopic (exact) mass is 525 g/mol. The number of aryl methyl sites for hydroxylation is 3. The quantitative estimate of drug-likeness (QED) is 0.350. The van der Waals surface area contributed by atoms with Crippen molar-refractivity contribution in [3.05, 3.63) is 64.7 Å². The van der Waals surface area contributed by atoms with Crippen LogP contribution in [0.4, 0.5) is 10.5 Å². The Labute approximate surface area is 226 Å². The molecule has 0 radical (unpaired) electrons. The van der Waals surface area contributed by atoms with Gasteiger partial charge in [-0.1, -0.05) is 67.8 Å². The highest BCUT2D eigenvalue weighted by Crippen LogP contribution is 2.28. The van der Waals surface area contributed by atoms with Gasteiger partial charge in [-0.15, -0.1) is 0 Å². The van der Waals surface area contributed by atoms with Gasteiger partial charge < -0.3 is 25.4 Å². The van der Waals surface area contributed by atoms with Crippen molar-refractivity contribution in [1.82, 2.24) is 10.2 Å². The predicted octanol–water partition coefficient (Wildman–Crippen LogP) is 5.20. The van der Waals surface area contributed by atoms with Crippen LogP contribution < -0.4 is 10.6 Å². The summed E-state index contributed by atoms with van der Waals surface area (Å²) in [6.45, 7) is 12.6. The fourth-order valence-corrected chi connectivity index (χ4v) is 4.25. The van der Waals surface area contributed by atoms with Crippen molar-refractivity contribution in [2.45, 2.75) is 85.4 Å². The van der Waals surface area contributed by atoms with Gasteiger partial charge in [-0.25, -0.2) is 4.79 Å². The third-order valence-corrected chi connectivity index (χ3v) is 6.10. The number of aliphatic hydroxyl groups excluding tert-OH is 1. The van der Waals surface area contributed by atoms with Crippen molar-refractivity contribution < 1.29 is 24.2 Å². The molecule has 0 bridgehead atoms. The molecule has 0 aromatic heterocycles. The third kappa shape index (κ3) is 8.87. The number of rotatable bonds is 11. The van der Waals surface area contributed by atoms with E-state index in [2.05, 4.69) is 17.6 Å². The lowest BCUT2D eigenvalue weighted by atomic mass is 9.99. The average molecular weight is 526 g/mol. The van der Waals surface area contributed by atoms with Gasteiger partial charge in [0.2, 0.25) is 5.91 Å². The number of carbonyl (C=O) groups excluding carboxylic acids is 3. The Hall–Kier alpha value is -3.39. The summed E-state index contributed by atoms with van der Waals surface area (Å²) in [6, 6.07) is 11.0. The molecule has 0 saturated heterocycles. The van der Waals surface area contributed by atoms with Crippen LogP contribution in [-0.2, 0) is 14.3 Å². The van der Waals surface area contributed by atoms with Gasteiger partial charge in [0.15, 0.2) is 0 Å². The van der Waals surface area contributed by atoms with E-state index >= 15 is 0 Å². The maximum Gasteiger partial charge on any atom is 0.408 e. The molecule has 8 nitrogen and oxygen atoms in total. The van der Waals surface area contributed by atoms with Gasteiger partial charge in [-0.2, -0.15) is 0 Å². The Morgan fingerprint density at radius 2 is 1.63 bits per heavy atom. The molecule has 3 amide bonds. The number of ether oxygens (including phenoxy) is 1. The van der Waals surface area contributed by atoms with Gasteiger partial charge in [0.05, 0.1) is 6.61 Å². The Bertz CT molecular complexity index is 1090. The number of nitrogens with zero attached hydrogens (tertiary/aromatic N) is 1. The van der Waals surface area contributed by atoms with Crippen LogP contribution in [0, 0.1) is 20.8 Å². The highest BCUT2D eigenvalue weighted by atomic mass is 16.6. The molecular weight excluding hydrogens is 482 g/mol. The number of unbranched alkanes of at least 4 members (excludes halogenated alkanes) is 2. The first kappa shape index (κ1) is 30.8. The van der Waals surface area contributed by atoms with Crippen LogP contribution in [-0.4, -0.2) is 52.7 Å². The first-order valence-corrected chi connectivity index (χ1v) is 13.2. The summed E-state index contributed by atoms with van der Waals surface area (Å²) in [7, 11) is 0. The van der Waals surface area contributed by atoms with E-state index in [-0.39, 0.29) is 12.5 Å². The van der Waals surface area contributed by atoms with Crippen LogP contribution >= 0.6 is 0 Å². The van der Waals surface area contributed by atoms with E-state index in [1.165, 1.54) is 4.90 Å². The summed E-state index contributed by atoms with van der Waals surface area (Å²) < 4.78 is 5.30. The second-order valence-corrected chi connectivity index (χ2v) is 10.7. The molecule has 38 heavy (non-hydrogen) atoms. The highest BCUT2D eigenvalue weighted by Gasteiger charge is 2.36. The molecule has 2 unspecified atom stereocenters. The molecule has 8 heteroatoms. The number of nitrogens with one attached hydrogen (secondary N) is 2. The molecule has 0 heterocycles. The van der Waals surface area contributed by atoms with Crippen LogP contribution in [0.3, 0.4) is 0 Å². The molecule has 3 N–H and O–H groups in total. The van der Waals surface area contributed by atoms with Crippen LogP contribution in [0.25, 0.3) is 0 Å². The molecular formula is C30H43N3O5. The molecule has 0 spiro atoms. The number of para-hydroxylation sites is 1. The lowest BCUT2D eigenvalue weighted by molar-refractivity contribution is -0.141. The molecule has 0 aliphatic rings. The molecule has 2 rings (SSSR count). The van der Waals surface area contributed by atoms with Gasteiger partial charge in [-0.3, -0.25) is 9.59 Å². The van der Waals surface area contributed by atoms with Crippen molar-refractivity contribution in [3.63, 3.8) is 0 Å². The van der Waals surface area contributed by atoms with Crippen LogP contribution in [0.2, 0.25) is 0 Å². The summed E-state index contributed by atoms with van der Waals surface area (Å²) in [4.78, 5) is 41.7. The van der Waals surface area contributed by atoms with E-state index in [0.29, 0.717) is 17.7 Å². The lowest BCUT2D eigenvalue weighted by Gasteiger charge is -2.34. The Balaban J connectivity index is 2.52. The second-order valence-electron chi connectivity index (χ2n) is 10.7. The van der Waals surface area contributed by atoms with E-state index in [9.17, 15) is 19.5 Å². The summed E-state index contributed by atoms with van der Waals surface area (Å²) in [6.07, 6.45) is 1.62. The summed E-state index contributed by atoms with van der Waals surface area (Å²) in [5.74, 6) is -0.926. The van der Waals surface area contributed by atoms with Crippen molar-refractivity contribution in [3.8, 4) is 0 Å². The predicted molar refractivity (Wildman–Crippen MR) is 150 cm³/mol. The zero-order chi connectivity index (χ0) is 28.5. The minimum absolute atomic E-state index is 0.276. The fraction of sp³-hybridized carbons (Fsp3) is 0.500. The van der Waals surface area contributed by atoms with Crippen molar-refractivity contribution >= 4 is 23.6 Å². The van der Waals surface area contributed by atoms with Gasteiger partial charge in [0, 0.05) is 12.2 Å². The zero-order valence-corrected chi connectivity index (χ0v) is 23.8. The summed E-state index contributed by atoms with van der Waals surface area (Å²) in [5, 5.41) is 15.6. The standard InChI is InChI=1S/C30H43N3O5/c1-8-9-10-17-33(28(36)24(19-34)31-29(37)38-30(5,6)7)26(23-16-11-13-20(2)18-23)27(35)32-25-21(3)14-12-15-22(25)4/h11-16,18,24,26,34H,8-10,17,19H2,1-7H3,(H,31,37)(H,32,35). The SMILES string of the molecule is CCCCCN(C(=O)C(CO)NC(=O)OC(C)(C)C)C(C(=O)Nc1c(C)cccc1C)c1cccc(C)c1. The number of benzene rings is 2. The molecule has 0 aliphatic carbocycles. The first-order chi connectivity index (χ1) is 17.9. The first-order valence-electron chi connectivity index (χ1n) is 13.2. The third-order valence-electron chi connectivity index (χ3n) is 6.10. The van der Waals surface area contributed by atoms with Gasteiger partial charge in [0.1, 0.15) is 17.7 Å². The van der Waals surface area contributed by atoms with E-state index in [0.717, 1.165) is 29.5 Å². The van der Waals surface area contributed by atoms with Gasteiger partial charge in [-0.05, 0) is 64.7 Å². The fourth-order valence-electron chi connectivity index (χ4n) is 4.25. The second kappa shape index (κ2) is 14.0. The van der Waals surface area contributed by atoms with Gasteiger partial charge in [0.25, 0.3) is 5.91 Å². The molecule has 0 saturated carbocycles. The minimum Gasteiger partial charge on any atom is -0.444 e. The van der Waals surface area contributed by atoms with E-state index < -0.39 is 36.3 Å². The van der Waals surface area contributed by atoms with Crippen LogP contribution in [0.5, 0.6) is 0 Å². The van der Waals surface area contributed by atoms with Crippen molar-refractivity contribution in [1.29, 1.82) is 0 Å². The minimum atomic E-state index is -1.27. The Morgan fingerprint density at radius 3 is 2.18 bits per heavy atom. The number of anilines is 1. The number of amides is 3. The smallest absolute Gasteiger partial charge is 0.408 e. The normalized spacial score (nSPS) is 12.8. The number of aliphatic hydroxyl groups is 1. The maximum atomic E-state index is 13.9. The Kier molecular flexibility index (Phi) is 11.3. The van der Waals surface area contributed by atoms with E-state index in [1.807, 2.05) is 63.2 Å². The van der Waals surface area contributed by atoms with Gasteiger partial charge >= 0.3 is 6.09 Å².